The first-order valence-corrected chi connectivity index (χ1v) is 4.96. The second-order valence-corrected chi connectivity index (χ2v) is 3.29. The summed E-state index contributed by atoms with van der Waals surface area (Å²) in [4.78, 5) is 23.3. The Balaban J connectivity index is 2.58. The van der Waals surface area contributed by atoms with Gasteiger partial charge in [0.2, 0.25) is 0 Å². The molecule has 0 atom stereocenters. The summed E-state index contributed by atoms with van der Waals surface area (Å²) >= 11 is 0. The van der Waals surface area contributed by atoms with E-state index in [2.05, 4.69) is 9.84 Å². The number of esters is 1. The summed E-state index contributed by atoms with van der Waals surface area (Å²) in [5.74, 6) is -0.665. The molecule has 2 aromatic rings. The van der Waals surface area contributed by atoms with Crippen LogP contribution in [0.1, 0.15) is 10.4 Å². The maximum Gasteiger partial charge on any atom is 0.343 e. The lowest BCUT2D eigenvalue weighted by Crippen LogP contribution is -2.27. The molecule has 5 nitrogen and oxygen atoms in total. The molecular weight excluding hydrogens is 220 g/mol. The molecule has 0 saturated heterocycles. The third-order valence-corrected chi connectivity index (χ3v) is 2.25. The standard InChI is InChI=1S/C12H10N2O3/c1-17-12(16)10-7-8-13-14(11(10)15)9-5-3-2-4-6-9/h2-8H,1H3. The predicted octanol–water partition coefficient (Wildman–Crippen LogP) is 1.02. The van der Waals surface area contributed by atoms with Gasteiger partial charge >= 0.3 is 5.97 Å². The number of rotatable bonds is 2. The fourth-order valence-corrected chi connectivity index (χ4v) is 1.43. The predicted molar refractivity (Wildman–Crippen MR) is 61.2 cm³/mol. The molecule has 0 aliphatic carbocycles. The molecule has 0 N–H and O–H groups in total. The monoisotopic (exact) mass is 230 g/mol. The van der Waals surface area contributed by atoms with Gasteiger partial charge in [0.15, 0.2) is 0 Å². The van der Waals surface area contributed by atoms with Crippen LogP contribution in [0.5, 0.6) is 0 Å². The first-order chi connectivity index (χ1) is 8.24. The van der Waals surface area contributed by atoms with Gasteiger partial charge in [-0.3, -0.25) is 4.79 Å². The topological polar surface area (TPSA) is 61.2 Å². The number of hydrogen-bond donors (Lipinski definition) is 0. The van der Waals surface area contributed by atoms with Crippen LogP contribution in [0.4, 0.5) is 0 Å². The van der Waals surface area contributed by atoms with Gasteiger partial charge in [0.05, 0.1) is 12.8 Å². The molecule has 0 saturated carbocycles. The normalized spacial score (nSPS) is 9.94. The van der Waals surface area contributed by atoms with Gasteiger partial charge < -0.3 is 4.74 Å². The van der Waals surface area contributed by atoms with E-state index in [1.807, 2.05) is 6.07 Å². The number of hydrogen-bond acceptors (Lipinski definition) is 4. The quantitative estimate of drug-likeness (QED) is 0.722. The van der Waals surface area contributed by atoms with Crippen LogP contribution in [0.15, 0.2) is 47.4 Å². The maximum atomic E-state index is 12.0. The van der Waals surface area contributed by atoms with E-state index in [0.717, 1.165) is 4.68 Å². The first kappa shape index (κ1) is 11.1. The van der Waals surface area contributed by atoms with Gasteiger partial charge in [0, 0.05) is 6.20 Å². The Morgan fingerprint density at radius 3 is 2.59 bits per heavy atom. The van der Waals surface area contributed by atoms with Gasteiger partial charge in [0.25, 0.3) is 5.56 Å². The van der Waals surface area contributed by atoms with Gasteiger partial charge in [-0.05, 0) is 18.2 Å². The molecule has 0 aliphatic rings. The summed E-state index contributed by atoms with van der Waals surface area (Å²) in [5.41, 5.74) is 0.0696. The second-order valence-electron chi connectivity index (χ2n) is 3.29. The number of nitrogens with zero attached hydrogens (tertiary/aromatic N) is 2. The highest BCUT2D eigenvalue weighted by Gasteiger charge is 2.13. The first-order valence-electron chi connectivity index (χ1n) is 4.96. The summed E-state index contributed by atoms with van der Waals surface area (Å²) in [6.45, 7) is 0. The van der Waals surface area contributed by atoms with Crippen molar-refractivity contribution >= 4 is 5.97 Å². The molecule has 17 heavy (non-hydrogen) atoms. The van der Waals surface area contributed by atoms with E-state index in [4.69, 9.17) is 0 Å². The molecule has 86 valence electrons. The Hall–Kier alpha value is -2.43. The number of ether oxygens (including phenoxy) is 1. The zero-order valence-corrected chi connectivity index (χ0v) is 9.16. The van der Waals surface area contributed by atoms with Crippen LogP contribution in [0.2, 0.25) is 0 Å². The maximum absolute atomic E-state index is 12.0. The largest absolute Gasteiger partial charge is 0.465 e. The average molecular weight is 230 g/mol. The number of carbonyl (C=O) groups excluding carboxylic acids is 1. The van der Waals surface area contributed by atoms with Crippen molar-refractivity contribution in [2.75, 3.05) is 7.11 Å². The highest BCUT2D eigenvalue weighted by Crippen LogP contribution is 2.02. The number of benzene rings is 1. The molecule has 0 unspecified atom stereocenters. The Labute approximate surface area is 97.3 Å². The fourth-order valence-electron chi connectivity index (χ4n) is 1.43. The van der Waals surface area contributed by atoms with Crippen LogP contribution in [-0.4, -0.2) is 22.9 Å². The number of aromatic nitrogens is 2. The molecule has 0 fully saturated rings. The van der Waals surface area contributed by atoms with Crippen molar-refractivity contribution in [1.29, 1.82) is 0 Å². The molecule has 2 rings (SSSR count). The minimum atomic E-state index is -0.665. The van der Waals surface area contributed by atoms with E-state index >= 15 is 0 Å². The van der Waals surface area contributed by atoms with Crippen LogP contribution < -0.4 is 5.56 Å². The fraction of sp³-hybridized carbons (Fsp3) is 0.0833. The Morgan fingerprint density at radius 1 is 1.24 bits per heavy atom. The van der Waals surface area contributed by atoms with Gasteiger partial charge in [-0.25, -0.2) is 4.79 Å². The molecule has 1 heterocycles. The summed E-state index contributed by atoms with van der Waals surface area (Å²) in [7, 11) is 1.23. The van der Waals surface area contributed by atoms with Crippen LogP contribution in [-0.2, 0) is 4.74 Å². The third-order valence-electron chi connectivity index (χ3n) is 2.25. The van der Waals surface area contributed by atoms with E-state index in [-0.39, 0.29) is 5.56 Å². The number of para-hydroxylation sites is 1. The molecule has 0 radical (unpaired) electrons. The van der Waals surface area contributed by atoms with Crippen molar-refractivity contribution in [3.05, 3.63) is 58.5 Å². The zero-order valence-electron chi connectivity index (χ0n) is 9.16. The Kier molecular flexibility index (Phi) is 3.00. The van der Waals surface area contributed by atoms with Gasteiger partial charge in [-0.15, -0.1) is 0 Å². The van der Waals surface area contributed by atoms with Gasteiger partial charge in [-0.1, -0.05) is 18.2 Å². The minimum absolute atomic E-state index is 0.0358. The number of carbonyl (C=O) groups is 1. The Bertz CT molecular complexity index is 590. The molecule has 0 spiro atoms. The molecule has 0 amide bonds. The molecule has 0 aliphatic heterocycles. The van der Waals surface area contributed by atoms with Crippen molar-refractivity contribution in [1.82, 2.24) is 9.78 Å². The lowest BCUT2D eigenvalue weighted by Gasteiger charge is -2.05. The lowest BCUT2D eigenvalue weighted by molar-refractivity contribution is 0.0598. The van der Waals surface area contributed by atoms with Crippen molar-refractivity contribution in [3.8, 4) is 5.69 Å². The zero-order chi connectivity index (χ0) is 12.3. The molecule has 1 aromatic heterocycles. The van der Waals surface area contributed by atoms with E-state index in [1.165, 1.54) is 19.4 Å². The van der Waals surface area contributed by atoms with Crippen molar-refractivity contribution in [2.24, 2.45) is 0 Å². The van der Waals surface area contributed by atoms with Crippen LogP contribution >= 0.6 is 0 Å². The molecular formula is C12H10N2O3. The van der Waals surface area contributed by atoms with Crippen LogP contribution in [0.3, 0.4) is 0 Å². The Morgan fingerprint density at radius 2 is 1.94 bits per heavy atom. The second kappa shape index (κ2) is 4.61. The summed E-state index contributed by atoms with van der Waals surface area (Å²) < 4.78 is 5.69. The van der Waals surface area contributed by atoms with Crippen LogP contribution in [0.25, 0.3) is 5.69 Å². The van der Waals surface area contributed by atoms with Crippen molar-refractivity contribution < 1.29 is 9.53 Å². The number of methoxy groups -OCH3 is 1. The summed E-state index contributed by atoms with van der Waals surface area (Å²) in [6, 6.07) is 10.2. The summed E-state index contributed by atoms with van der Waals surface area (Å²) in [5, 5.41) is 3.92. The van der Waals surface area contributed by atoms with E-state index in [9.17, 15) is 9.59 Å². The van der Waals surface area contributed by atoms with Gasteiger partial charge in [-0.2, -0.15) is 9.78 Å². The molecule has 1 aromatic carbocycles. The SMILES string of the molecule is COC(=O)c1ccnn(-c2ccccc2)c1=O. The van der Waals surface area contributed by atoms with E-state index in [1.54, 1.807) is 24.3 Å². The van der Waals surface area contributed by atoms with E-state index < -0.39 is 11.5 Å². The lowest BCUT2D eigenvalue weighted by atomic mass is 10.3. The van der Waals surface area contributed by atoms with Crippen LogP contribution in [0, 0.1) is 0 Å². The van der Waals surface area contributed by atoms with Gasteiger partial charge in [0.1, 0.15) is 5.56 Å². The molecule has 0 bridgehead atoms. The minimum Gasteiger partial charge on any atom is -0.465 e. The molecule has 5 heteroatoms. The smallest absolute Gasteiger partial charge is 0.343 e. The summed E-state index contributed by atoms with van der Waals surface area (Å²) in [6.07, 6.45) is 1.39. The highest BCUT2D eigenvalue weighted by atomic mass is 16.5. The highest BCUT2D eigenvalue weighted by molar-refractivity contribution is 5.88. The average Bonchev–Trinajstić information content (AvgIpc) is 2.39. The van der Waals surface area contributed by atoms with Crippen molar-refractivity contribution in [3.63, 3.8) is 0 Å². The van der Waals surface area contributed by atoms with Crippen molar-refractivity contribution in [2.45, 2.75) is 0 Å². The van der Waals surface area contributed by atoms with E-state index in [0.29, 0.717) is 5.69 Å². The third kappa shape index (κ3) is 2.08.